The van der Waals surface area contributed by atoms with Gasteiger partial charge in [-0.05, 0) is 15.9 Å². The first-order valence-electron chi connectivity index (χ1n) is 5.16. The third kappa shape index (κ3) is 3.83. The van der Waals surface area contributed by atoms with Gasteiger partial charge in [0.05, 0.1) is 18.4 Å². The third-order valence-electron chi connectivity index (χ3n) is 2.00. The maximum absolute atomic E-state index is 11.8. The highest BCUT2D eigenvalue weighted by Gasteiger charge is 2.06. The minimum atomic E-state index is -0.183. The van der Waals surface area contributed by atoms with Crippen molar-refractivity contribution in [3.63, 3.8) is 0 Å². The highest BCUT2D eigenvalue weighted by atomic mass is 79.9. The number of halogens is 1. The molecule has 17 heavy (non-hydrogen) atoms. The molecule has 0 aliphatic rings. The molecule has 0 saturated heterocycles. The molecule has 92 valence electrons. The molecule has 0 aliphatic heterocycles. The van der Waals surface area contributed by atoms with Crippen LogP contribution in [-0.2, 0) is 6.54 Å². The fourth-order valence-corrected chi connectivity index (χ4v) is 1.64. The normalized spacial score (nSPS) is 10.7. The highest BCUT2D eigenvalue weighted by molar-refractivity contribution is 9.10. The summed E-state index contributed by atoms with van der Waals surface area (Å²) >= 11 is 3.25. The van der Waals surface area contributed by atoms with Crippen LogP contribution in [0.4, 0.5) is 5.69 Å². The average molecular weight is 299 g/mol. The molecular weight excluding hydrogens is 284 g/mol. The molecule has 3 N–H and O–H groups in total. The van der Waals surface area contributed by atoms with Gasteiger partial charge in [-0.15, -0.1) is 6.58 Å². The van der Waals surface area contributed by atoms with Gasteiger partial charge in [0.1, 0.15) is 4.47 Å². The maximum Gasteiger partial charge on any atom is 0.283 e. The first-order valence-corrected chi connectivity index (χ1v) is 5.95. The molecule has 0 aromatic carbocycles. The summed E-state index contributed by atoms with van der Waals surface area (Å²) in [4.78, 5) is 11.8. The smallest absolute Gasteiger partial charge is 0.283 e. The summed E-state index contributed by atoms with van der Waals surface area (Å²) in [5.41, 5.74) is 5.80. The molecule has 5 nitrogen and oxygen atoms in total. The summed E-state index contributed by atoms with van der Waals surface area (Å²) in [5.74, 6) is 0. The van der Waals surface area contributed by atoms with Gasteiger partial charge in [0.2, 0.25) is 0 Å². The summed E-state index contributed by atoms with van der Waals surface area (Å²) in [6, 6.07) is 0. The first kappa shape index (κ1) is 13.7. The lowest BCUT2D eigenvalue weighted by molar-refractivity contribution is 0.649. The van der Waals surface area contributed by atoms with Crippen LogP contribution in [0.2, 0.25) is 0 Å². The molecule has 0 radical (unpaired) electrons. The molecule has 0 unspecified atom stereocenters. The van der Waals surface area contributed by atoms with Crippen LogP contribution >= 0.6 is 15.9 Å². The Balaban J connectivity index is 2.81. The first-order chi connectivity index (χ1) is 8.20. The van der Waals surface area contributed by atoms with Crippen LogP contribution in [0.1, 0.15) is 0 Å². The van der Waals surface area contributed by atoms with Crippen molar-refractivity contribution in [3.8, 4) is 0 Å². The zero-order chi connectivity index (χ0) is 12.7. The van der Waals surface area contributed by atoms with E-state index >= 15 is 0 Å². The summed E-state index contributed by atoms with van der Waals surface area (Å²) < 4.78 is 1.80. The minimum absolute atomic E-state index is 0.183. The molecule has 0 atom stereocenters. The van der Waals surface area contributed by atoms with E-state index in [0.717, 1.165) is 0 Å². The van der Waals surface area contributed by atoms with Crippen molar-refractivity contribution < 1.29 is 0 Å². The molecule has 0 bridgehead atoms. The number of nitrogens with one attached hydrogen (secondary N) is 1. The second-order valence-electron chi connectivity index (χ2n) is 3.24. The van der Waals surface area contributed by atoms with Gasteiger partial charge in [-0.2, -0.15) is 5.10 Å². The molecular formula is C11H15BrN4O. The van der Waals surface area contributed by atoms with Crippen molar-refractivity contribution in [2.24, 2.45) is 5.73 Å². The van der Waals surface area contributed by atoms with Gasteiger partial charge in [-0.3, -0.25) is 4.79 Å². The third-order valence-corrected chi connectivity index (χ3v) is 2.77. The van der Waals surface area contributed by atoms with Crippen molar-refractivity contribution in [2.45, 2.75) is 6.54 Å². The monoisotopic (exact) mass is 298 g/mol. The van der Waals surface area contributed by atoms with Gasteiger partial charge in [-0.25, -0.2) is 4.68 Å². The van der Waals surface area contributed by atoms with Crippen molar-refractivity contribution in [1.29, 1.82) is 0 Å². The second kappa shape index (κ2) is 7.03. The molecule has 0 amide bonds. The van der Waals surface area contributed by atoms with E-state index in [9.17, 15) is 4.79 Å². The second-order valence-corrected chi connectivity index (χ2v) is 4.03. The van der Waals surface area contributed by atoms with Gasteiger partial charge in [0.25, 0.3) is 5.56 Å². The Bertz CT molecular complexity index is 467. The number of allylic oxidation sites excluding steroid dienone is 1. The van der Waals surface area contributed by atoms with E-state index in [2.05, 4.69) is 32.9 Å². The van der Waals surface area contributed by atoms with Gasteiger partial charge in [0.15, 0.2) is 0 Å². The van der Waals surface area contributed by atoms with Crippen LogP contribution in [-0.4, -0.2) is 22.9 Å². The van der Waals surface area contributed by atoms with Crippen LogP contribution in [0.25, 0.3) is 0 Å². The predicted molar refractivity (Wildman–Crippen MR) is 73.1 cm³/mol. The maximum atomic E-state index is 11.8. The highest BCUT2D eigenvalue weighted by Crippen LogP contribution is 2.15. The molecule has 1 heterocycles. The minimum Gasteiger partial charge on any atom is -0.379 e. The van der Waals surface area contributed by atoms with Crippen molar-refractivity contribution in [1.82, 2.24) is 9.78 Å². The lowest BCUT2D eigenvalue weighted by atomic mass is 10.4. The summed E-state index contributed by atoms with van der Waals surface area (Å²) in [6.07, 6.45) is 6.96. The van der Waals surface area contributed by atoms with Gasteiger partial charge in [-0.1, -0.05) is 18.2 Å². The molecule has 1 rings (SSSR count). The fourth-order valence-electron chi connectivity index (χ4n) is 1.19. The van der Waals surface area contributed by atoms with Crippen LogP contribution in [0.3, 0.4) is 0 Å². The summed E-state index contributed by atoms with van der Waals surface area (Å²) in [5, 5.41) is 7.09. The Kier molecular flexibility index (Phi) is 5.65. The molecule has 0 fully saturated rings. The summed E-state index contributed by atoms with van der Waals surface area (Å²) in [6.45, 7) is 5.06. The Morgan fingerprint density at radius 1 is 1.59 bits per heavy atom. The standard InChI is InChI=1S/C11H15BrN4O/c1-2-7-16-11(17)10(12)9(8-15-16)14-6-4-3-5-13/h2-4,8,14H,1,5-7,13H2/b4-3+. The van der Waals surface area contributed by atoms with E-state index in [1.54, 1.807) is 12.3 Å². The largest absolute Gasteiger partial charge is 0.379 e. The number of anilines is 1. The van der Waals surface area contributed by atoms with E-state index in [1.165, 1.54) is 4.68 Å². The topological polar surface area (TPSA) is 72.9 Å². The zero-order valence-corrected chi connectivity index (χ0v) is 11.0. The fraction of sp³-hybridized carbons (Fsp3) is 0.273. The van der Waals surface area contributed by atoms with E-state index in [0.29, 0.717) is 29.8 Å². The molecule has 0 aliphatic carbocycles. The Hall–Kier alpha value is -1.40. The van der Waals surface area contributed by atoms with Crippen molar-refractivity contribution in [3.05, 3.63) is 45.8 Å². The van der Waals surface area contributed by atoms with Crippen molar-refractivity contribution >= 4 is 21.6 Å². The number of nitrogens with two attached hydrogens (primary N) is 1. The number of rotatable bonds is 6. The van der Waals surface area contributed by atoms with E-state index in [4.69, 9.17) is 5.73 Å². The molecule has 0 spiro atoms. The zero-order valence-electron chi connectivity index (χ0n) is 9.40. The van der Waals surface area contributed by atoms with Crippen LogP contribution < -0.4 is 16.6 Å². The summed E-state index contributed by atoms with van der Waals surface area (Å²) in [7, 11) is 0. The number of hydrogen-bond acceptors (Lipinski definition) is 4. The number of hydrogen-bond donors (Lipinski definition) is 2. The molecule has 1 aromatic rings. The van der Waals surface area contributed by atoms with Crippen LogP contribution in [0, 0.1) is 0 Å². The van der Waals surface area contributed by atoms with Gasteiger partial charge < -0.3 is 11.1 Å². The molecule has 0 saturated carbocycles. The molecule has 1 aromatic heterocycles. The Morgan fingerprint density at radius 2 is 2.35 bits per heavy atom. The van der Waals surface area contributed by atoms with Crippen molar-refractivity contribution in [2.75, 3.05) is 18.4 Å². The Labute approximate surface area is 108 Å². The van der Waals surface area contributed by atoms with E-state index in [1.807, 2.05) is 12.2 Å². The Morgan fingerprint density at radius 3 is 3.00 bits per heavy atom. The quantitative estimate of drug-likeness (QED) is 0.772. The van der Waals surface area contributed by atoms with Crippen LogP contribution in [0.5, 0.6) is 0 Å². The van der Waals surface area contributed by atoms with Crippen LogP contribution in [0.15, 0.2) is 40.3 Å². The van der Waals surface area contributed by atoms with E-state index in [-0.39, 0.29) is 5.56 Å². The number of aromatic nitrogens is 2. The van der Waals surface area contributed by atoms with E-state index < -0.39 is 0 Å². The predicted octanol–water partition coefficient (Wildman–Crippen LogP) is 1.12. The lowest BCUT2D eigenvalue weighted by Gasteiger charge is -2.07. The molecule has 6 heteroatoms. The van der Waals surface area contributed by atoms with Gasteiger partial charge >= 0.3 is 0 Å². The SMILES string of the molecule is C=CCn1ncc(NC/C=C/CN)c(Br)c1=O. The average Bonchev–Trinajstić information content (AvgIpc) is 2.33. The lowest BCUT2D eigenvalue weighted by Crippen LogP contribution is -2.24. The van der Waals surface area contributed by atoms with Gasteiger partial charge in [0, 0.05) is 13.1 Å². The number of nitrogens with zero attached hydrogens (tertiary/aromatic N) is 2.